The van der Waals surface area contributed by atoms with Crippen molar-refractivity contribution < 1.29 is 9.90 Å². The summed E-state index contributed by atoms with van der Waals surface area (Å²) >= 11 is 0. The third-order valence-corrected chi connectivity index (χ3v) is 2.44. The highest BCUT2D eigenvalue weighted by atomic mass is 16.3. The van der Waals surface area contributed by atoms with Gasteiger partial charge in [0, 0.05) is 17.9 Å². The fourth-order valence-corrected chi connectivity index (χ4v) is 1.53. The summed E-state index contributed by atoms with van der Waals surface area (Å²) in [6.45, 7) is 0.851. The number of aliphatic hydroxyl groups is 1. The highest BCUT2D eigenvalue weighted by molar-refractivity contribution is 5.85. The molecule has 1 saturated carbocycles. The third kappa shape index (κ3) is 0.477. The summed E-state index contributed by atoms with van der Waals surface area (Å²) in [4.78, 5) is 10.8. The van der Waals surface area contributed by atoms with Gasteiger partial charge in [-0.1, -0.05) is 0 Å². The summed E-state index contributed by atoms with van der Waals surface area (Å²) in [7, 11) is 0. The Morgan fingerprint density at radius 2 is 2.67 bits per heavy atom. The summed E-state index contributed by atoms with van der Waals surface area (Å²) in [5.74, 6) is 0.270. The van der Waals surface area contributed by atoms with Crippen molar-refractivity contribution in [3.8, 4) is 0 Å². The van der Waals surface area contributed by atoms with Crippen LogP contribution in [0.5, 0.6) is 0 Å². The van der Waals surface area contributed by atoms with Gasteiger partial charge in [-0.25, -0.2) is 0 Å². The average molecular weight is 127 g/mol. The van der Waals surface area contributed by atoms with E-state index in [0.29, 0.717) is 6.54 Å². The van der Waals surface area contributed by atoms with Crippen LogP contribution in [0.15, 0.2) is 0 Å². The first-order valence-corrected chi connectivity index (χ1v) is 3.17. The minimum Gasteiger partial charge on any atom is -0.396 e. The van der Waals surface area contributed by atoms with E-state index in [1.165, 1.54) is 0 Å². The number of nitrogens with one attached hydrogen (secondary N) is 1. The lowest BCUT2D eigenvalue weighted by atomic mass is 10.1. The average Bonchev–Trinajstić information content (AvgIpc) is 2.53. The van der Waals surface area contributed by atoms with E-state index in [-0.39, 0.29) is 23.8 Å². The smallest absolute Gasteiger partial charge is 0.223 e. The summed E-state index contributed by atoms with van der Waals surface area (Å²) in [5, 5.41) is 11.5. The lowest BCUT2D eigenvalue weighted by Crippen LogP contribution is -2.22. The maximum absolute atomic E-state index is 10.8. The Kier molecular flexibility index (Phi) is 0.750. The molecule has 9 heavy (non-hydrogen) atoms. The van der Waals surface area contributed by atoms with Gasteiger partial charge in [0.15, 0.2) is 0 Å². The number of carbonyl (C=O) groups is 1. The van der Waals surface area contributed by atoms with Gasteiger partial charge in [-0.05, 0) is 6.42 Å². The van der Waals surface area contributed by atoms with Crippen LogP contribution in [0.3, 0.4) is 0 Å². The van der Waals surface area contributed by atoms with Gasteiger partial charge < -0.3 is 10.4 Å². The Bertz CT molecular complexity index is 168. The van der Waals surface area contributed by atoms with E-state index >= 15 is 0 Å². The molecule has 2 rings (SSSR count). The molecule has 2 fully saturated rings. The number of amides is 1. The second-order valence-electron chi connectivity index (χ2n) is 3.00. The normalized spacial score (nSPS) is 46.3. The van der Waals surface area contributed by atoms with Gasteiger partial charge >= 0.3 is 0 Å². The van der Waals surface area contributed by atoms with Crippen LogP contribution in [0.2, 0.25) is 0 Å². The number of hydrogen-bond donors (Lipinski definition) is 2. The summed E-state index contributed by atoms with van der Waals surface area (Å²) in [6, 6.07) is 0. The van der Waals surface area contributed by atoms with Crippen molar-refractivity contribution >= 4 is 5.91 Å². The molecule has 2 atom stereocenters. The zero-order valence-corrected chi connectivity index (χ0v) is 5.05. The van der Waals surface area contributed by atoms with Crippen LogP contribution in [-0.2, 0) is 4.79 Å². The lowest BCUT2D eigenvalue weighted by Gasteiger charge is -2.02. The molecule has 0 radical (unpaired) electrons. The number of carbonyl (C=O) groups excluding carboxylic acids is 1. The molecule has 0 spiro atoms. The molecule has 3 heteroatoms. The van der Waals surface area contributed by atoms with Crippen molar-refractivity contribution in [3.05, 3.63) is 0 Å². The summed E-state index contributed by atoms with van der Waals surface area (Å²) < 4.78 is 0. The SMILES string of the molecule is O=C1NC[C@]2(CO)CC12. The van der Waals surface area contributed by atoms with Crippen molar-refractivity contribution in [1.82, 2.24) is 5.32 Å². The molecular weight excluding hydrogens is 118 g/mol. The van der Waals surface area contributed by atoms with Crippen LogP contribution in [0.4, 0.5) is 0 Å². The third-order valence-electron chi connectivity index (χ3n) is 2.44. The molecule has 1 aliphatic carbocycles. The van der Waals surface area contributed by atoms with E-state index < -0.39 is 0 Å². The molecule has 1 heterocycles. The first-order valence-electron chi connectivity index (χ1n) is 3.17. The lowest BCUT2D eigenvalue weighted by molar-refractivity contribution is -0.120. The monoisotopic (exact) mass is 127 g/mol. The first kappa shape index (κ1) is 5.23. The van der Waals surface area contributed by atoms with E-state index in [0.717, 1.165) is 6.42 Å². The first-order chi connectivity index (χ1) is 4.28. The Balaban J connectivity index is 2.17. The maximum atomic E-state index is 10.8. The van der Waals surface area contributed by atoms with Crippen LogP contribution in [0.25, 0.3) is 0 Å². The number of piperidine rings is 1. The number of hydrogen-bond acceptors (Lipinski definition) is 2. The molecule has 0 bridgehead atoms. The van der Waals surface area contributed by atoms with Crippen molar-refractivity contribution in [2.24, 2.45) is 11.3 Å². The molecule has 50 valence electrons. The van der Waals surface area contributed by atoms with Gasteiger partial charge in [0.25, 0.3) is 0 Å². The number of rotatable bonds is 1. The maximum Gasteiger partial charge on any atom is 0.223 e. The Morgan fingerprint density at radius 1 is 1.89 bits per heavy atom. The van der Waals surface area contributed by atoms with Crippen molar-refractivity contribution in [3.63, 3.8) is 0 Å². The standard InChI is InChI=1S/C6H9NO2/c8-3-6-1-4(6)5(9)7-2-6/h4,8H,1-3H2,(H,7,9)/t4?,6-/m0/s1. The quantitative estimate of drug-likeness (QED) is 0.480. The molecule has 1 saturated heterocycles. The van der Waals surface area contributed by atoms with E-state index in [9.17, 15) is 4.79 Å². The highest BCUT2D eigenvalue weighted by Gasteiger charge is 2.61. The van der Waals surface area contributed by atoms with Crippen LogP contribution >= 0.6 is 0 Å². The Labute approximate surface area is 53.1 Å². The van der Waals surface area contributed by atoms with Gasteiger partial charge in [0.1, 0.15) is 0 Å². The molecule has 2 aliphatic rings. The fraction of sp³-hybridized carbons (Fsp3) is 0.833. The molecule has 1 amide bonds. The van der Waals surface area contributed by atoms with Crippen molar-refractivity contribution in [2.45, 2.75) is 6.42 Å². The predicted molar refractivity (Wildman–Crippen MR) is 30.6 cm³/mol. The van der Waals surface area contributed by atoms with Crippen LogP contribution in [0.1, 0.15) is 6.42 Å². The molecule has 0 aromatic rings. The van der Waals surface area contributed by atoms with Crippen LogP contribution in [0, 0.1) is 11.3 Å². The van der Waals surface area contributed by atoms with Gasteiger partial charge in [-0.3, -0.25) is 4.79 Å². The van der Waals surface area contributed by atoms with E-state index in [4.69, 9.17) is 5.11 Å². The fourth-order valence-electron chi connectivity index (χ4n) is 1.53. The van der Waals surface area contributed by atoms with Crippen LogP contribution in [-0.4, -0.2) is 24.2 Å². The molecule has 3 nitrogen and oxygen atoms in total. The molecule has 0 aromatic heterocycles. The molecular formula is C6H9NO2. The topological polar surface area (TPSA) is 49.3 Å². The summed E-state index contributed by atoms with van der Waals surface area (Å²) in [5.41, 5.74) is -0.0307. The van der Waals surface area contributed by atoms with Crippen molar-refractivity contribution in [1.29, 1.82) is 0 Å². The predicted octanol–water partition coefficient (Wildman–Crippen LogP) is -0.885. The zero-order valence-electron chi connectivity index (χ0n) is 5.05. The minimum atomic E-state index is -0.0307. The van der Waals surface area contributed by atoms with Crippen molar-refractivity contribution in [2.75, 3.05) is 13.2 Å². The second kappa shape index (κ2) is 1.29. The molecule has 1 aliphatic heterocycles. The number of fused-ring (bicyclic) bond motifs is 1. The summed E-state index contributed by atoms with van der Waals surface area (Å²) in [6.07, 6.45) is 0.898. The second-order valence-corrected chi connectivity index (χ2v) is 3.00. The van der Waals surface area contributed by atoms with Crippen LogP contribution < -0.4 is 5.32 Å². The Morgan fingerprint density at radius 3 is 2.89 bits per heavy atom. The van der Waals surface area contributed by atoms with E-state index in [1.807, 2.05) is 0 Å². The molecule has 2 N–H and O–H groups in total. The molecule has 0 aromatic carbocycles. The van der Waals surface area contributed by atoms with E-state index in [1.54, 1.807) is 0 Å². The van der Waals surface area contributed by atoms with Gasteiger partial charge in [-0.2, -0.15) is 0 Å². The van der Waals surface area contributed by atoms with E-state index in [2.05, 4.69) is 5.32 Å². The largest absolute Gasteiger partial charge is 0.396 e. The van der Waals surface area contributed by atoms with Gasteiger partial charge in [-0.15, -0.1) is 0 Å². The minimum absolute atomic E-state index is 0.0307. The number of aliphatic hydroxyl groups excluding tert-OH is 1. The van der Waals surface area contributed by atoms with Gasteiger partial charge in [0.2, 0.25) is 5.91 Å². The highest BCUT2D eigenvalue weighted by Crippen LogP contribution is 2.54. The Hall–Kier alpha value is -0.570. The van der Waals surface area contributed by atoms with Gasteiger partial charge in [0.05, 0.1) is 6.61 Å². The zero-order chi connectivity index (χ0) is 6.48. The molecule has 1 unspecified atom stereocenters.